The van der Waals surface area contributed by atoms with Gasteiger partial charge in [0, 0.05) is 27.7 Å². The van der Waals surface area contributed by atoms with Crippen LogP contribution in [0.4, 0.5) is 0 Å². The quantitative estimate of drug-likeness (QED) is 0.303. The van der Waals surface area contributed by atoms with Crippen LogP contribution in [0.2, 0.25) is 5.02 Å². The Kier molecular flexibility index (Phi) is 7.29. The molecule has 1 N–H and O–H groups in total. The molecule has 3 rings (SSSR count). The minimum Gasteiger partial charge on any atom is -0.496 e. The van der Waals surface area contributed by atoms with Crippen molar-refractivity contribution in [2.75, 3.05) is 12.9 Å². The monoisotopic (exact) mass is 493 g/mol. The van der Waals surface area contributed by atoms with E-state index in [-0.39, 0.29) is 11.7 Å². The molecule has 0 atom stereocenters. The molecule has 2 aromatic carbocycles. The fourth-order valence-corrected chi connectivity index (χ4v) is 3.73. The topological polar surface area (TPSA) is 81.4 Å². The molecule has 0 bridgehead atoms. The van der Waals surface area contributed by atoms with Crippen LogP contribution in [0, 0.1) is 0 Å². The lowest BCUT2D eigenvalue weighted by Gasteiger charge is -2.05. The van der Waals surface area contributed by atoms with Gasteiger partial charge in [-0.05, 0) is 30.3 Å². The van der Waals surface area contributed by atoms with Crippen molar-refractivity contribution in [1.29, 1.82) is 0 Å². The van der Waals surface area contributed by atoms with E-state index in [1.165, 1.54) is 18.0 Å². The largest absolute Gasteiger partial charge is 0.496 e. The van der Waals surface area contributed by atoms with Crippen molar-refractivity contribution in [2.45, 2.75) is 5.16 Å². The van der Waals surface area contributed by atoms with E-state index in [0.717, 1.165) is 15.6 Å². The summed E-state index contributed by atoms with van der Waals surface area (Å²) in [6.45, 7) is 0. The van der Waals surface area contributed by atoms with E-state index < -0.39 is 0 Å². The number of aromatic nitrogens is 3. The van der Waals surface area contributed by atoms with Crippen LogP contribution >= 0.6 is 39.3 Å². The molecule has 7 nitrogen and oxygen atoms in total. The maximum absolute atomic E-state index is 12.1. The van der Waals surface area contributed by atoms with E-state index >= 15 is 0 Å². The highest BCUT2D eigenvalue weighted by Crippen LogP contribution is 2.24. The molecular weight excluding hydrogens is 478 g/mol. The van der Waals surface area contributed by atoms with Gasteiger partial charge in [-0.25, -0.2) is 5.43 Å². The van der Waals surface area contributed by atoms with Crippen LogP contribution in [0.5, 0.6) is 5.75 Å². The van der Waals surface area contributed by atoms with Crippen LogP contribution in [0.25, 0.3) is 11.4 Å². The first-order chi connectivity index (χ1) is 14.0. The SMILES string of the molecule is COc1ccc(Br)cc1/C=N\NC(=O)CSc1nnc(-c2cccc(Cl)c2)n1C. The molecule has 0 unspecified atom stereocenters. The van der Waals surface area contributed by atoms with E-state index in [1.54, 1.807) is 13.2 Å². The summed E-state index contributed by atoms with van der Waals surface area (Å²) in [6, 6.07) is 12.9. The van der Waals surface area contributed by atoms with E-state index in [4.69, 9.17) is 16.3 Å². The number of nitrogens with one attached hydrogen (secondary N) is 1. The highest BCUT2D eigenvalue weighted by atomic mass is 79.9. The van der Waals surface area contributed by atoms with Crippen molar-refractivity contribution in [1.82, 2.24) is 20.2 Å². The molecule has 0 spiro atoms. The van der Waals surface area contributed by atoms with E-state index in [1.807, 2.05) is 48.0 Å². The maximum Gasteiger partial charge on any atom is 0.250 e. The number of carbonyl (C=O) groups excluding carboxylic acids is 1. The molecule has 0 saturated heterocycles. The molecule has 0 saturated carbocycles. The molecule has 0 aliphatic rings. The maximum atomic E-state index is 12.1. The van der Waals surface area contributed by atoms with Crippen molar-refractivity contribution in [2.24, 2.45) is 12.1 Å². The number of hydrogen-bond acceptors (Lipinski definition) is 6. The molecule has 0 fully saturated rings. The minimum atomic E-state index is -0.257. The molecule has 0 aliphatic carbocycles. The van der Waals surface area contributed by atoms with E-state index in [9.17, 15) is 4.79 Å². The van der Waals surface area contributed by atoms with Crippen LogP contribution in [-0.2, 0) is 11.8 Å². The number of amides is 1. The number of carbonyl (C=O) groups is 1. The number of hydrogen-bond donors (Lipinski definition) is 1. The van der Waals surface area contributed by atoms with Gasteiger partial charge in [0.2, 0.25) is 0 Å². The van der Waals surface area contributed by atoms with Crippen molar-refractivity contribution in [3.63, 3.8) is 0 Å². The molecule has 10 heteroatoms. The fourth-order valence-electron chi connectivity index (χ4n) is 2.46. The fraction of sp³-hybridized carbons (Fsp3) is 0.158. The Balaban J connectivity index is 1.58. The molecule has 3 aromatic rings. The predicted octanol–water partition coefficient (Wildman–Crippen LogP) is 4.15. The number of ether oxygens (including phenoxy) is 1. The highest BCUT2D eigenvalue weighted by molar-refractivity contribution is 9.10. The van der Waals surface area contributed by atoms with Crippen LogP contribution in [0.15, 0.2) is 57.2 Å². The summed E-state index contributed by atoms with van der Waals surface area (Å²) in [6.07, 6.45) is 1.53. The van der Waals surface area contributed by atoms with Crippen LogP contribution < -0.4 is 10.2 Å². The van der Waals surface area contributed by atoms with Crippen molar-refractivity contribution in [3.05, 3.63) is 57.5 Å². The average Bonchev–Trinajstić information content (AvgIpc) is 3.07. The van der Waals surface area contributed by atoms with Gasteiger partial charge >= 0.3 is 0 Å². The van der Waals surface area contributed by atoms with Gasteiger partial charge in [-0.3, -0.25) is 4.79 Å². The van der Waals surface area contributed by atoms with Crippen molar-refractivity contribution in [3.8, 4) is 17.1 Å². The van der Waals surface area contributed by atoms with Gasteiger partial charge in [0.05, 0.1) is 19.1 Å². The Morgan fingerprint density at radius 3 is 2.93 bits per heavy atom. The number of halogens is 2. The second-order valence-electron chi connectivity index (χ2n) is 5.84. The summed E-state index contributed by atoms with van der Waals surface area (Å²) >= 11 is 10.7. The third-order valence-corrected chi connectivity index (χ3v) is 5.58. The zero-order valence-corrected chi connectivity index (χ0v) is 18.8. The second kappa shape index (κ2) is 9.91. The first kappa shape index (κ1) is 21.4. The van der Waals surface area contributed by atoms with E-state index in [2.05, 4.69) is 36.7 Å². The third-order valence-electron chi connectivity index (χ3n) is 3.83. The zero-order chi connectivity index (χ0) is 20.8. The zero-order valence-electron chi connectivity index (χ0n) is 15.6. The third kappa shape index (κ3) is 5.59. The highest BCUT2D eigenvalue weighted by Gasteiger charge is 2.13. The Hall–Kier alpha value is -2.36. The van der Waals surface area contributed by atoms with Gasteiger partial charge in [0.25, 0.3) is 5.91 Å². The molecule has 1 aromatic heterocycles. The molecule has 0 radical (unpaired) electrons. The number of benzene rings is 2. The predicted molar refractivity (Wildman–Crippen MR) is 119 cm³/mol. The summed E-state index contributed by atoms with van der Waals surface area (Å²) in [5.41, 5.74) is 4.10. The van der Waals surface area contributed by atoms with Gasteiger partial charge in [0.15, 0.2) is 11.0 Å². The smallest absolute Gasteiger partial charge is 0.250 e. The summed E-state index contributed by atoms with van der Waals surface area (Å²) in [5.74, 6) is 1.23. The summed E-state index contributed by atoms with van der Waals surface area (Å²) in [4.78, 5) is 12.1. The Morgan fingerprint density at radius 1 is 1.34 bits per heavy atom. The molecule has 1 heterocycles. The first-order valence-corrected chi connectivity index (χ1v) is 10.6. The summed E-state index contributed by atoms with van der Waals surface area (Å²) in [7, 11) is 3.42. The summed E-state index contributed by atoms with van der Waals surface area (Å²) < 4.78 is 7.97. The Morgan fingerprint density at radius 2 is 2.17 bits per heavy atom. The van der Waals surface area contributed by atoms with Gasteiger partial charge < -0.3 is 9.30 Å². The van der Waals surface area contributed by atoms with Gasteiger partial charge in [-0.1, -0.05) is 51.4 Å². The first-order valence-electron chi connectivity index (χ1n) is 8.41. The Bertz CT molecular complexity index is 1060. The normalized spacial score (nSPS) is 11.0. The second-order valence-corrected chi connectivity index (χ2v) is 8.14. The minimum absolute atomic E-state index is 0.147. The molecule has 29 heavy (non-hydrogen) atoms. The van der Waals surface area contributed by atoms with Gasteiger partial charge in [-0.15, -0.1) is 10.2 Å². The van der Waals surface area contributed by atoms with Crippen molar-refractivity contribution >= 4 is 51.4 Å². The van der Waals surface area contributed by atoms with Crippen LogP contribution in [-0.4, -0.2) is 39.7 Å². The summed E-state index contributed by atoms with van der Waals surface area (Å²) in [5, 5.41) is 13.6. The number of rotatable bonds is 7. The number of methoxy groups -OCH3 is 1. The molecular formula is C19H17BrClN5O2S. The molecule has 0 aliphatic heterocycles. The lowest BCUT2D eigenvalue weighted by molar-refractivity contribution is -0.118. The van der Waals surface area contributed by atoms with Crippen molar-refractivity contribution < 1.29 is 9.53 Å². The lowest BCUT2D eigenvalue weighted by atomic mass is 10.2. The number of hydrazone groups is 1. The van der Waals surface area contributed by atoms with Crippen LogP contribution in [0.1, 0.15) is 5.56 Å². The van der Waals surface area contributed by atoms with E-state index in [0.29, 0.717) is 21.8 Å². The number of thioether (sulfide) groups is 1. The molecule has 1 amide bonds. The molecule has 150 valence electrons. The van der Waals surface area contributed by atoms with Crippen LogP contribution in [0.3, 0.4) is 0 Å². The standard InChI is InChI=1S/C19H17BrClN5O2S/c1-26-18(12-4-3-5-15(21)9-12)24-25-19(26)29-11-17(27)23-22-10-13-8-14(20)6-7-16(13)28-2/h3-10H,11H2,1-2H3,(H,23,27)/b22-10-. The Labute approximate surface area is 185 Å². The van der Waals surface area contributed by atoms with Gasteiger partial charge in [-0.2, -0.15) is 5.10 Å². The lowest BCUT2D eigenvalue weighted by Crippen LogP contribution is -2.20. The number of nitrogens with zero attached hydrogens (tertiary/aromatic N) is 4. The van der Waals surface area contributed by atoms with Gasteiger partial charge in [0.1, 0.15) is 5.75 Å². The average molecular weight is 495 g/mol.